The summed E-state index contributed by atoms with van der Waals surface area (Å²) in [7, 11) is 0. The molecule has 0 aliphatic rings. The minimum absolute atomic E-state index is 0.272. The third-order valence-electron chi connectivity index (χ3n) is 3.73. The van der Waals surface area contributed by atoms with Crippen molar-refractivity contribution in [1.29, 1.82) is 0 Å². The molecule has 6 heteroatoms. The van der Waals surface area contributed by atoms with E-state index in [1.807, 2.05) is 36.4 Å². The number of halogens is 2. The highest BCUT2D eigenvalue weighted by Gasteiger charge is 2.26. The number of nitrogens with zero attached hydrogens (tertiary/aromatic N) is 2. The molecule has 0 amide bonds. The molecule has 0 heterocycles. The van der Waals surface area contributed by atoms with Gasteiger partial charge in [0.1, 0.15) is 0 Å². The number of ether oxygens (including phenoxy) is 1. The normalized spacial score (nSPS) is 13.6. The number of hydrogen-bond donors (Lipinski definition) is 0. The molecule has 4 nitrogen and oxygen atoms in total. The average molecular weight is 562 g/mol. The predicted molar refractivity (Wildman–Crippen MR) is 116 cm³/mol. The molecule has 1 unspecified atom stereocenters. The Morgan fingerprint density at radius 2 is 1.72 bits per heavy atom. The van der Waals surface area contributed by atoms with Crippen molar-refractivity contribution in [2.24, 2.45) is 10.2 Å². The first-order valence-electron chi connectivity index (χ1n) is 7.94. The van der Waals surface area contributed by atoms with Crippen molar-refractivity contribution in [3.05, 3.63) is 61.2 Å². The number of carbonyl (C=O) groups excluding carboxylic acids is 1. The van der Waals surface area contributed by atoms with Gasteiger partial charge >= 0.3 is 5.97 Å². The maximum absolute atomic E-state index is 11.1. The summed E-state index contributed by atoms with van der Waals surface area (Å²) in [6, 6.07) is 16.1. The zero-order valence-electron chi connectivity index (χ0n) is 14.2. The van der Waals surface area contributed by atoms with E-state index in [4.69, 9.17) is 4.74 Å². The zero-order valence-corrected chi connectivity index (χ0v) is 18.5. The fourth-order valence-corrected chi connectivity index (χ4v) is 3.42. The van der Waals surface area contributed by atoms with Gasteiger partial charge in [-0.15, -0.1) is 0 Å². The van der Waals surface area contributed by atoms with Gasteiger partial charge in [-0.2, -0.15) is 10.2 Å². The van der Waals surface area contributed by atoms with Crippen molar-refractivity contribution in [3.8, 4) is 0 Å². The van der Waals surface area contributed by atoms with Gasteiger partial charge in [0, 0.05) is 26.9 Å². The van der Waals surface area contributed by atoms with E-state index in [-0.39, 0.29) is 5.97 Å². The van der Waals surface area contributed by atoms with Gasteiger partial charge in [-0.1, -0.05) is 30.3 Å². The van der Waals surface area contributed by atoms with Crippen molar-refractivity contribution in [1.82, 2.24) is 0 Å². The van der Waals surface area contributed by atoms with E-state index >= 15 is 0 Å². The topological polar surface area (TPSA) is 51.0 Å². The second-order valence-corrected chi connectivity index (χ2v) is 8.33. The number of carbonyl (C=O) groups is 1. The van der Waals surface area contributed by atoms with Crippen LogP contribution in [0.5, 0.6) is 0 Å². The predicted octanol–water partition coefficient (Wildman–Crippen LogP) is 5.93. The van der Waals surface area contributed by atoms with Gasteiger partial charge in [0.25, 0.3) is 0 Å². The van der Waals surface area contributed by atoms with Crippen molar-refractivity contribution < 1.29 is 9.53 Å². The highest BCUT2D eigenvalue weighted by atomic mass is 127. The summed E-state index contributed by atoms with van der Waals surface area (Å²) in [6.45, 7) is 3.81. The van der Waals surface area contributed by atoms with Crippen molar-refractivity contribution in [2.45, 2.75) is 32.2 Å². The molecule has 0 aliphatic carbocycles. The number of azo groups is 1. The minimum Gasteiger partial charge on any atom is -0.466 e. The molecule has 2 rings (SSSR count). The Morgan fingerprint density at radius 3 is 2.36 bits per heavy atom. The Bertz CT molecular complexity index is 765. The monoisotopic (exact) mass is 562 g/mol. The molecule has 1 atom stereocenters. The van der Waals surface area contributed by atoms with E-state index in [0.717, 1.165) is 15.7 Å². The SMILES string of the molecule is CC(=O)OCCC(C)(Cc1ccccc1I)N=Nc1ccccc1I. The van der Waals surface area contributed by atoms with Crippen LogP contribution < -0.4 is 0 Å². The van der Waals surface area contributed by atoms with Gasteiger partial charge in [-0.3, -0.25) is 4.79 Å². The summed E-state index contributed by atoms with van der Waals surface area (Å²) in [5.41, 5.74) is 1.62. The summed E-state index contributed by atoms with van der Waals surface area (Å²) >= 11 is 4.59. The number of benzene rings is 2. The van der Waals surface area contributed by atoms with E-state index in [2.05, 4.69) is 74.5 Å². The maximum Gasteiger partial charge on any atom is 0.302 e. The van der Waals surface area contributed by atoms with Crippen LogP contribution in [0.4, 0.5) is 5.69 Å². The van der Waals surface area contributed by atoms with E-state index < -0.39 is 5.54 Å². The molecule has 0 aromatic heterocycles. The van der Waals surface area contributed by atoms with E-state index in [0.29, 0.717) is 13.0 Å². The highest BCUT2D eigenvalue weighted by molar-refractivity contribution is 14.1. The lowest BCUT2D eigenvalue weighted by Gasteiger charge is -2.24. The Morgan fingerprint density at radius 1 is 1.08 bits per heavy atom. The fourth-order valence-electron chi connectivity index (χ4n) is 2.35. The summed E-state index contributed by atoms with van der Waals surface area (Å²) in [4.78, 5) is 11.1. The molecule has 0 radical (unpaired) electrons. The lowest BCUT2D eigenvalue weighted by atomic mass is 9.91. The molecule has 0 spiro atoms. The third kappa shape index (κ3) is 6.65. The third-order valence-corrected chi connectivity index (χ3v) is 5.69. The van der Waals surface area contributed by atoms with Gasteiger partial charge < -0.3 is 4.74 Å². The summed E-state index contributed by atoms with van der Waals surface area (Å²) < 4.78 is 7.39. The smallest absolute Gasteiger partial charge is 0.302 e. The minimum atomic E-state index is -0.449. The molecule has 2 aromatic carbocycles. The van der Waals surface area contributed by atoms with Gasteiger partial charge in [0.2, 0.25) is 0 Å². The first kappa shape index (κ1) is 20.3. The molecular formula is C19H20I2N2O2. The summed E-state index contributed by atoms with van der Waals surface area (Å²) in [6.07, 6.45) is 1.35. The molecule has 132 valence electrons. The second-order valence-electron chi connectivity index (χ2n) is 6.01. The Hall–Kier alpha value is -1.03. The summed E-state index contributed by atoms with van der Waals surface area (Å²) in [5.74, 6) is -0.272. The average Bonchev–Trinajstić information content (AvgIpc) is 2.56. The molecule has 0 fully saturated rings. The van der Waals surface area contributed by atoms with Crippen LogP contribution in [0.3, 0.4) is 0 Å². The van der Waals surface area contributed by atoms with Gasteiger partial charge in [0.15, 0.2) is 0 Å². The fraction of sp³-hybridized carbons (Fsp3) is 0.316. The summed E-state index contributed by atoms with van der Waals surface area (Å²) in [5, 5.41) is 9.12. The van der Waals surface area contributed by atoms with E-state index in [1.165, 1.54) is 16.1 Å². The van der Waals surface area contributed by atoms with Crippen LogP contribution in [-0.4, -0.2) is 18.1 Å². The zero-order chi connectivity index (χ0) is 18.3. The van der Waals surface area contributed by atoms with Crippen LogP contribution in [0.1, 0.15) is 25.8 Å². The largest absolute Gasteiger partial charge is 0.466 e. The maximum atomic E-state index is 11.1. The molecule has 0 N–H and O–H groups in total. The highest BCUT2D eigenvalue weighted by Crippen LogP contribution is 2.28. The number of hydrogen-bond acceptors (Lipinski definition) is 4. The molecule has 0 saturated heterocycles. The van der Waals surface area contributed by atoms with Crippen LogP contribution in [0, 0.1) is 7.14 Å². The first-order chi connectivity index (χ1) is 11.9. The Balaban J connectivity index is 2.23. The van der Waals surface area contributed by atoms with Crippen LogP contribution >= 0.6 is 45.2 Å². The van der Waals surface area contributed by atoms with Crippen LogP contribution in [0.25, 0.3) is 0 Å². The second kappa shape index (κ2) is 9.61. The van der Waals surface area contributed by atoms with Crippen LogP contribution in [0.2, 0.25) is 0 Å². The first-order valence-corrected chi connectivity index (χ1v) is 10.1. The Labute approximate surface area is 175 Å². The molecule has 25 heavy (non-hydrogen) atoms. The quantitative estimate of drug-likeness (QED) is 0.239. The molecule has 0 aliphatic heterocycles. The number of rotatable bonds is 7. The Kier molecular flexibility index (Phi) is 7.80. The van der Waals surface area contributed by atoms with Crippen molar-refractivity contribution >= 4 is 56.8 Å². The van der Waals surface area contributed by atoms with Gasteiger partial charge in [-0.05, 0) is 75.9 Å². The lowest BCUT2D eigenvalue weighted by molar-refractivity contribution is -0.141. The van der Waals surface area contributed by atoms with Crippen LogP contribution in [0.15, 0.2) is 58.8 Å². The van der Waals surface area contributed by atoms with Gasteiger partial charge in [-0.25, -0.2) is 0 Å². The van der Waals surface area contributed by atoms with Crippen LogP contribution in [-0.2, 0) is 16.0 Å². The molecule has 0 saturated carbocycles. The van der Waals surface area contributed by atoms with E-state index in [1.54, 1.807) is 0 Å². The van der Waals surface area contributed by atoms with E-state index in [9.17, 15) is 4.79 Å². The standard InChI is InChI=1S/C19H20I2N2O2/c1-14(24)25-12-11-19(2,13-15-7-3-4-8-16(15)20)23-22-18-10-6-5-9-17(18)21/h3-10H,11-13H2,1-2H3. The number of esters is 1. The van der Waals surface area contributed by atoms with Crippen molar-refractivity contribution in [2.75, 3.05) is 6.61 Å². The molecular weight excluding hydrogens is 542 g/mol. The molecule has 2 aromatic rings. The van der Waals surface area contributed by atoms with Gasteiger partial charge in [0.05, 0.1) is 17.8 Å². The van der Waals surface area contributed by atoms with Crippen molar-refractivity contribution in [3.63, 3.8) is 0 Å². The lowest BCUT2D eigenvalue weighted by Crippen LogP contribution is -2.27. The molecule has 0 bridgehead atoms.